The highest BCUT2D eigenvalue weighted by molar-refractivity contribution is 6.07. The second kappa shape index (κ2) is 11.5. The zero-order chi connectivity index (χ0) is 22.1. The van der Waals surface area contributed by atoms with Crippen LogP contribution in [0.3, 0.4) is 0 Å². The van der Waals surface area contributed by atoms with Crippen molar-refractivity contribution in [3.05, 3.63) is 35.9 Å². The van der Waals surface area contributed by atoms with Crippen molar-refractivity contribution in [2.75, 3.05) is 6.61 Å². The van der Waals surface area contributed by atoms with E-state index >= 15 is 0 Å². The van der Waals surface area contributed by atoms with Gasteiger partial charge in [0.25, 0.3) is 5.91 Å². The van der Waals surface area contributed by atoms with Crippen molar-refractivity contribution in [2.24, 2.45) is 10.9 Å². The minimum Gasteiger partial charge on any atom is -0.450 e. The van der Waals surface area contributed by atoms with Gasteiger partial charge in [-0.3, -0.25) is 15.1 Å². The van der Waals surface area contributed by atoms with Gasteiger partial charge >= 0.3 is 6.09 Å². The van der Waals surface area contributed by atoms with Crippen LogP contribution in [-0.4, -0.2) is 41.4 Å². The van der Waals surface area contributed by atoms with Crippen molar-refractivity contribution in [2.45, 2.75) is 76.8 Å². The Bertz CT molecular complexity index is 808. The largest absolute Gasteiger partial charge is 0.450 e. The molecule has 2 aliphatic rings. The van der Waals surface area contributed by atoms with Gasteiger partial charge in [0.2, 0.25) is 0 Å². The Labute approximate surface area is 184 Å². The maximum atomic E-state index is 13.3. The summed E-state index contributed by atoms with van der Waals surface area (Å²) in [6, 6.07) is 8.52. The highest BCUT2D eigenvalue weighted by Gasteiger charge is 2.36. The number of amidine groups is 1. The molecule has 1 unspecified atom stereocenters. The smallest absolute Gasteiger partial charge is 0.412 e. The Kier molecular flexibility index (Phi) is 8.45. The number of alkyl carbamates (subject to hydrolysis) is 1. The average molecular weight is 425 g/mol. The molecule has 0 spiro atoms. The van der Waals surface area contributed by atoms with Crippen molar-refractivity contribution >= 4 is 17.8 Å². The lowest BCUT2D eigenvalue weighted by molar-refractivity contribution is -0.130. The van der Waals surface area contributed by atoms with Crippen LogP contribution in [0.4, 0.5) is 4.79 Å². The fourth-order valence-electron chi connectivity index (χ4n) is 4.11. The predicted octanol–water partition coefficient (Wildman–Crippen LogP) is 4.38. The first-order valence-electron chi connectivity index (χ1n) is 11.4. The van der Waals surface area contributed by atoms with Crippen LogP contribution in [0.5, 0.6) is 0 Å². The number of carbonyl (C=O) groups excluding carboxylic acids is 2. The molecule has 0 radical (unpaired) electrons. The summed E-state index contributed by atoms with van der Waals surface area (Å²) in [6.45, 7) is 1.97. The minimum absolute atomic E-state index is 0.0110. The van der Waals surface area contributed by atoms with Crippen LogP contribution in [-0.2, 0) is 9.53 Å². The number of benzene rings is 1. The quantitative estimate of drug-likeness (QED) is 0.290. The van der Waals surface area contributed by atoms with Crippen LogP contribution in [0.1, 0.15) is 70.3 Å². The molecule has 7 nitrogen and oxygen atoms in total. The van der Waals surface area contributed by atoms with Gasteiger partial charge < -0.3 is 4.74 Å². The first-order valence-corrected chi connectivity index (χ1v) is 11.4. The Hall–Kier alpha value is -2.88. The number of aliphatic imine (C=N–C) groups is 1. The van der Waals surface area contributed by atoms with Crippen LogP contribution in [0.2, 0.25) is 0 Å². The normalized spacial score (nSPS) is 18.0. The Morgan fingerprint density at radius 3 is 2.52 bits per heavy atom. The van der Waals surface area contributed by atoms with Crippen LogP contribution in [0.25, 0.3) is 0 Å². The number of nitrogens with zero attached hydrogens (tertiary/aromatic N) is 3. The van der Waals surface area contributed by atoms with Crippen LogP contribution in [0, 0.1) is 17.4 Å². The van der Waals surface area contributed by atoms with Crippen molar-refractivity contribution in [3.8, 4) is 6.19 Å². The van der Waals surface area contributed by atoms with E-state index in [4.69, 9.17) is 9.73 Å². The van der Waals surface area contributed by atoms with E-state index in [1.807, 2.05) is 30.3 Å². The lowest BCUT2D eigenvalue weighted by Crippen LogP contribution is -2.39. The molecule has 2 aliphatic carbocycles. The van der Waals surface area contributed by atoms with E-state index < -0.39 is 12.1 Å². The van der Waals surface area contributed by atoms with Gasteiger partial charge in [-0.25, -0.2) is 9.69 Å². The van der Waals surface area contributed by atoms with Gasteiger partial charge in [0, 0.05) is 11.6 Å². The van der Waals surface area contributed by atoms with E-state index in [2.05, 4.69) is 11.5 Å². The molecule has 0 bridgehead atoms. The molecule has 3 rings (SSSR count). The monoisotopic (exact) mass is 424 g/mol. The lowest BCUT2D eigenvalue weighted by atomic mass is 9.85. The SMILES string of the molecule is CCOC(=O)NC(=NC(CCC1CCCCC1)C(=O)N(C#N)C1CC1)c1ccccc1. The molecule has 166 valence electrons. The lowest BCUT2D eigenvalue weighted by Gasteiger charge is -2.24. The first-order chi connectivity index (χ1) is 15.1. The summed E-state index contributed by atoms with van der Waals surface area (Å²) in [5, 5.41) is 12.3. The van der Waals surface area contributed by atoms with Crippen molar-refractivity contribution < 1.29 is 14.3 Å². The zero-order valence-electron chi connectivity index (χ0n) is 18.3. The van der Waals surface area contributed by atoms with Crippen molar-refractivity contribution in [1.29, 1.82) is 5.26 Å². The van der Waals surface area contributed by atoms with E-state index in [1.165, 1.54) is 37.0 Å². The number of nitriles is 1. The zero-order valence-corrected chi connectivity index (χ0v) is 18.3. The number of nitrogens with one attached hydrogen (secondary N) is 1. The topological polar surface area (TPSA) is 94.8 Å². The molecular weight excluding hydrogens is 392 g/mol. The summed E-state index contributed by atoms with van der Waals surface area (Å²) < 4.78 is 5.03. The molecule has 0 aliphatic heterocycles. The second-order valence-electron chi connectivity index (χ2n) is 8.33. The van der Waals surface area contributed by atoms with E-state index in [9.17, 15) is 14.9 Å². The number of ether oxygens (including phenoxy) is 1. The minimum atomic E-state index is -0.709. The number of amides is 2. The third-order valence-corrected chi connectivity index (χ3v) is 5.94. The van der Waals surface area contributed by atoms with Crippen LogP contribution < -0.4 is 5.32 Å². The third kappa shape index (κ3) is 6.81. The summed E-state index contributed by atoms with van der Waals surface area (Å²) in [6.07, 6.45) is 10.7. The molecule has 2 amide bonds. The molecule has 0 aromatic heterocycles. The Morgan fingerprint density at radius 2 is 1.90 bits per heavy atom. The average Bonchev–Trinajstić information content (AvgIpc) is 3.63. The van der Waals surface area contributed by atoms with Gasteiger partial charge in [-0.05, 0) is 38.5 Å². The Morgan fingerprint density at radius 1 is 1.19 bits per heavy atom. The molecule has 2 saturated carbocycles. The standard InChI is InChI=1S/C24H32N4O3/c1-2-31-24(30)27-22(19-11-7-4-8-12-19)26-21(16-13-18-9-5-3-6-10-18)23(29)28(17-25)20-14-15-20/h4,7-8,11-12,18,20-21H,2-3,5-6,9-10,13-16H2,1H3,(H,26,27,30). The Balaban J connectivity index is 1.85. The molecular formula is C24H32N4O3. The molecule has 0 heterocycles. The van der Waals surface area contributed by atoms with E-state index in [-0.39, 0.29) is 18.6 Å². The number of hydrogen-bond donors (Lipinski definition) is 1. The summed E-state index contributed by atoms with van der Waals surface area (Å²) >= 11 is 0. The fourth-order valence-corrected chi connectivity index (χ4v) is 4.11. The summed E-state index contributed by atoms with van der Waals surface area (Å²) in [5.74, 6) is 0.614. The summed E-state index contributed by atoms with van der Waals surface area (Å²) in [4.78, 5) is 31.4. The van der Waals surface area contributed by atoms with Crippen LogP contribution >= 0.6 is 0 Å². The van der Waals surface area contributed by atoms with Gasteiger partial charge in [-0.15, -0.1) is 0 Å². The highest BCUT2D eigenvalue weighted by atomic mass is 16.5. The first kappa shape index (κ1) is 22.8. The summed E-state index contributed by atoms with van der Waals surface area (Å²) in [7, 11) is 0. The maximum absolute atomic E-state index is 13.3. The van der Waals surface area contributed by atoms with Gasteiger partial charge in [0.1, 0.15) is 11.9 Å². The van der Waals surface area contributed by atoms with Gasteiger partial charge in [-0.2, -0.15) is 5.26 Å². The highest BCUT2D eigenvalue weighted by Crippen LogP contribution is 2.30. The number of carbonyl (C=O) groups is 2. The molecule has 31 heavy (non-hydrogen) atoms. The molecule has 1 N–H and O–H groups in total. The van der Waals surface area contributed by atoms with Crippen LogP contribution in [0.15, 0.2) is 35.3 Å². The molecule has 1 aromatic carbocycles. The maximum Gasteiger partial charge on any atom is 0.412 e. The molecule has 1 aromatic rings. The fraction of sp³-hybridized carbons (Fsp3) is 0.583. The number of hydrogen-bond acceptors (Lipinski definition) is 5. The van der Waals surface area contributed by atoms with Gasteiger partial charge in [0.05, 0.1) is 6.61 Å². The van der Waals surface area contributed by atoms with E-state index in [0.29, 0.717) is 23.7 Å². The van der Waals surface area contributed by atoms with Gasteiger partial charge in [-0.1, -0.05) is 62.4 Å². The number of rotatable bonds is 8. The summed E-state index contributed by atoms with van der Waals surface area (Å²) in [5.41, 5.74) is 0.695. The molecule has 2 fully saturated rings. The molecule has 1 atom stereocenters. The molecule has 7 heteroatoms. The van der Waals surface area contributed by atoms with Gasteiger partial charge in [0.15, 0.2) is 6.19 Å². The van der Waals surface area contributed by atoms with E-state index in [0.717, 1.165) is 19.3 Å². The van der Waals surface area contributed by atoms with E-state index in [1.54, 1.807) is 6.92 Å². The third-order valence-electron chi connectivity index (χ3n) is 5.94. The van der Waals surface area contributed by atoms with Crippen molar-refractivity contribution in [3.63, 3.8) is 0 Å². The predicted molar refractivity (Wildman–Crippen MR) is 118 cm³/mol. The second-order valence-corrected chi connectivity index (χ2v) is 8.33. The molecule has 0 saturated heterocycles. The van der Waals surface area contributed by atoms with Crippen molar-refractivity contribution in [1.82, 2.24) is 10.2 Å².